The summed E-state index contributed by atoms with van der Waals surface area (Å²) in [6.07, 6.45) is 0. The van der Waals surface area contributed by atoms with Gasteiger partial charge < -0.3 is 10.4 Å². The smallest absolute Gasteiger partial charge is 0.251 e. The number of aliphatic hydroxyl groups excluding tert-OH is 1. The second kappa shape index (κ2) is 6.25. The molecule has 0 bridgehead atoms. The average molecular weight is 275 g/mol. The predicted molar refractivity (Wildman–Crippen MR) is 73.1 cm³/mol. The van der Waals surface area contributed by atoms with Gasteiger partial charge in [0.2, 0.25) is 0 Å². The zero-order valence-corrected chi connectivity index (χ0v) is 11.4. The van der Waals surface area contributed by atoms with Gasteiger partial charge in [-0.2, -0.15) is 0 Å². The Balaban J connectivity index is 2.30. The van der Waals surface area contributed by atoms with Crippen LogP contribution in [0.1, 0.15) is 30.2 Å². The average Bonchev–Trinajstić information content (AvgIpc) is 2.94. The Hall–Kier alpha value is -2.28. The summed E-state index contributed by atoms with van der Waals surface area (Å²) >= 11 is 0. The van der Waals surface area contributed by atoms with Gasteiger partial charge in [0.1, 0.15) is 0 Å². The first-order valence-corrected chi connectivity index (χ1v) is 6.41. The van der Waals surface area contributed by atoms with Crippen molar-refractivity contribution < 1.29 is 9.90 Å². The Kier molecular flexibility index (Phi) is 4.41. The van der Waals surface area contributed by atoms with E-state index in [9.17, 15) is 4.79 Å². The quantitative estimate of drug-likeness (QED) is 0.835. The maximum absolute atomic E-state index is 11.9. The van der Waals surface area contributed by atoms with Crippen molar-refractivity contribution in [2.75, 3.05) is 13.2 Å². The molecule has 1 aromatic carbocycles. The molecule has 7 heteroatoms. The summed E-state index contributed by atoms with van der Waals surface area (Å²) in [5.74, 6) is 0.390. The third kappa shape index (κ3) is 3.00. The molecule has 7 nitrogen and oxygen atoms in total. The van der Waals surface area contributed by atoms with Gasteiger partial charge in [-0.3, -0.25) is 4.79 Å². The summed E-state index contributed by atoms with van der Waals surface area (Å²) < 4.78 is 1.70. The number of hydrogen-bond acceptors (Lipinski definition) is 5. The van der Waals surface area contributed by atoms with Crippen molar-refractivity contribution in [3.63, 3.8) is 0 Å². The fourth-order valence-electron chi connectivity index (χ4n) is 1.80. The molecule has 2 N–H and O–H groups in total. The van der Waals surface area contributed by atoms with Gasteiger partial charge in [-0.15, -0.1) is 5.10 Å². The van der Waals surface area contributed by atoms with Crippen molar-refractivity contribution in [3.8, 4) is 11.4 Å². The number of rotatable bonds is 5. The topological polar surface area (TPSA) is 92.9 Å². The lowest BCUT2D eigenvalue weighted by atomic mass is 10.1. The van der Waals surface area contributed by atoms with Crippen LogP contribution >= 0.6 is 0 Å². The van der Waals surface area contributed by atoms with Gasteiger partial charge in [-0.1, -0.05) is 12.1 Å². The molecule has 0 spiro atoms. The van der Waals surface area contributed by atoms with Gasteiger partial charge in [0.05, 0.1) is 12.6 Å². The zero-order chi connectivity index (χ0) is 14.5. The number of nitrogens with one attached hydrogen (secondary N) is 1. The van der Waals surface area contributed by atoms with Gasteiger partial charge >= 0.3 is 0 Å². The molecule has 2 rings (SSSR count). The van der Waals surface area contributed by atoms with Crippen LogP contribution in [0.2, 0.25) is 0 Å². The Morgan fingerprint density at radius 3 is 2.95 bits per heavy atom. The van der Waals surface area contributed by atoms with Crippen molar-refractivity contribution in [2.45, 2.75) is 19.9 Å². The second-order valence-corrected chi connectivity index (χ2v) is 4.60. The summed E-state index contributed by atoms with van der Waals surface area (Å²) in [4.78, 5) is 11.9. The standard InChI is InChI=1S/C13H17N5O2/c1-9(2)18-12(15-16-17-18)10-4-3-5-11(8-10)13(20)14-6-7-19/h3-5,8-9,19H,6-7H2,1-2H3,(H,14,20). The number of carbonyl (C=O) groups is 1. The summed E-state index contributed by atoms with van der Waals surface area (Å²) in [6, 6.07) is 7.21. The summed E-state index contributed by atoms with van der Waals surface area (Å²) in [6.45, 7) is 4.11. The first-order valence-electron chi connectivity index (χ1n) is 6.41. The van der Waals surface area contributed by atoms with E-state index in [1.165, 1.54) is 0 Å². The van der Waals surface area contributed by atoms with Crippen LogP contribution < -0.4 is 5.32 Å². The molecule has 0 saturated heterocycles. The summed E-state index contributed by atoms with van der Waals surface area (Å²) in [5.41, 5.74) is 1.29. The lowest BCUT2D eigenvalue weighted by Crippen LogP contribution is -2.26. The highest BCUT2D eigenvalue weighted by Gasteiger charge is 2.13. The molecule has 0 aliphatic carbocycles. The minimum Gasteiger partial charge on any atom is -0.395 e. The van der Waals surface area contributed by atoms with Crippen LogP contribution in [0.4, 0.5) is 0 Å². The fourth-order valence-corrected chi connectivity index (χ4v) is 1.80. The van der Waals surface area contributed by atoms with Crippen LogP contribution in [-0.2, 0) is 0 Å². The number of tetrazole rings is 1. The number of aromatic nitrogens is 4. The van der Waals surface area contributed by atoms with E-state index in [4.69, 9.17) is 5.11 Å². The fraction of sp³-hybridized carbons (Fsp3) is 0.385. The van der Waals surface area contributed by atoms with E-state index in [0.717, 1.165) is 5.56 Å². The molecule has 2 aromatic rings. The molecule has 0 fully saturated rings. The van der Waals surface area contributed by atoms with Crippen molar-refractivity contribution in [3.05, 3.63) is 29.8 Å². The van der Waals surface area contributed by atoms with Crippen LogP contribution in [0.5, 0.6) is 0 Å². The van der Waals surface area contributed by atoms with Crippen LogP contribution in [-0.4, -0.2) is 44.4 Å². The van der Waals surface area contributed by atoms with E-state index in [0.29, 0.717) is 11.4 Å². The molecule has 106 valence electrons. The first-order chi connectivity index (χ1) is 9.63. The minimum atomic E-state index is -0.232. The van der Waals surface area contributed by atoms with E-state index in [-0.39, 0.29) is 25.1 Å². The van der Waals surface area contributed by atoms with Crippen molar-refractivity contribution in [2.24, 2.45) is 0 Å². The third-order valence-electron chi connectivity index (χ3n) is 2.76. The Morgan fingerprint density at radius 1 is 1.45 bits per heavy atom. The van der Waals surface area contributed by atoms with Crippen molar-refractivity contribution >= 4 is 5.91 Å². The van der Waals surface area contributed by atoms with Gasteiger partial charge in [-0.25, -0.2) is 4.68 Å². The number of hydrogen-bond donors (Lipinski definition) is 2. The lowest BCUT2D eigenvalue weighted by Gasteiger charge is -2.09. The molecule has 0 unspecified atom stereocenters. The largest absolute Gasteiger partial charge is 0.395 e. The molecule has 1 aromatic heterocycles. The van der Waals surface area contributed by atoms with Crippen LogP contribution in [0.25, 0.3) is 11.4 Å². The second-order valence-electron chi connectivity index (χ2n) is 4.60. The van der Waals surface area contributed by atoms with E-state index in [1.807, 2.05) is 19.9 Å². The molecule has 0 saturated carbocycles. The number of amides is 1. The number of nitrogens with zero attached hydrogens (tertiary/aromatic N) is 4. The van der Waals surface area contributed by atoms with Crippen LogP contribution in [0, 0.1) is 0 Å². The van der Waals surface area contributed by atoms with Crippen molar-refractivity contribution in [1.29, 1.82) is 0 Å². The van der Waals surface area contributed by atoms with E-state index < -0.39 is 0 Å². The number of benzene rings is 1. The lowest BCUT2D eigenvalue weighted by molar-refractivity contribution is 0.0945. The monoisotopic (exact) mass is 275 g/mol. The number of carbonyl (C=O) groups excluding carboxylic acids is 1. The molecule has 0 atom stereocenters. The SMILES string of the molecule is CC(C)n1nnnc1-c1cccc(C(=O)NCCO)c1. The molecule has 1 heterocycles. The molecular formula is C13H17N5O2. The normalized spacial score (nSPS) is 10.8. The Labute approximate surface area is 116 Å². The van der Waals surface area contributed by atoms with Gasteiger partial charge in [0, 0.05) is 17.7 Å². The zero-order valence-electron chi connectivity index (χ0n) is 11.4. The predicted octanol–water partition coefficient (Wildman–Crippen LogP) is 0.643. The Morgan fingerprint density at radius 2 is 2.25 bits per heavy atom. The van der Waals surface area contributed by atoms with Gasteiger partial charge in [0.25, 0.3) is 5.91 Å². The van der Waals surface area contributed by atoms with Crippen molar-refractivity contribution in [1.82, 2.24) is 25.5 Å². The highest BCUT2D eigenvalue weighted by molar-refractivity contribution is 5.95. The minimum absolute atomic E-state index is 0.0863. The molecular weight excluding hydrogens is 258 g/mol. The third-order valence-corrected chi connectivity index (χ3v) is 2.76. The molecule has 0 radical (unpaired) electrons. The maximum atomic E-state index is 11.9. The molecule has 0 aliphatic rings. The number of aliphatic hydroxyl groups is 1. The van der Waals surface area contributed by atoms with Crippen LogP contribution in [0.15, 0.2) is 24.3 Å². The van der Waals surface area contributed by atoms with E-state index in [1.54, 1.807) is 22.9 Å². The first kappa shape index (κ1) is 14.1. The summed E-state index contributed by atoms with van der Waals surface area (Å²) in [7, 11) is 0. The van der Waals surface area contributed by atoms with Gasteiger partial charge in [0.15, 0.2) is 5.82 Å². The molecule has 0 aliphatic heterocycles. The highest BCUT2D eigenvalue weighted by atomic mass is 16.3. The molecule has 1 amide bonds. The highest BCUT2D eigenvalue weighted by Crippen LogP contribution is 2.19. The van der Waals surface area contributed by atoms with E-state index >= 15 is 0 Å². The van der Waals surface area contributed by atoms with E-state index in [2.05, 4.69) is 20.8 Å². The summed E-state index contributed by atoms with van der Waals surface area (Å²) in [5, 5.41) is 22.9. The Bertz CT molecular complexity index is 594. The van der Waals surface area contributed by atoms with Crippen LogP contribution in [0.3, 0.4) is 0 Å². The van der Waals surface area contributed by atoms with Gasteiger partial charge in [-0.05, 0) is 36.4 Å². The molecule has 20 heavy (non-hydrogen) atoms. The maximum Gasteiger partial charge on any atom is 0.251 e.